The van der Waals surface area contributed by atoms with E-state index in [0.29, 0.717) is 6.61 Å². The van der Waals surface area contributed by atoms with E-state index in [2.05, 4.69) is 5.32 Å². The average Bonchev–Trinajstić information content (AvgIpc) is 2.33. The number of hydrogen-bond acceptors (Lipinski definition) is 3. The maximum atomic E-state index is 6.03. The third-order valence-corrected chi connectivity index (χ3v) is 2.88. The third-order valence-electron chi connectivity index (χ3n) is 2.47. The Balaban J connectivity index is 2.16. The molecule has 17 heavy (non-hydrogen) atoms. The molecule has 0 aromatic heterocycles. The van der Waals surface area contributed by atoms with Crippen molar-refractivity contribution in [2.45, 2.75) is 13.3 Å². The van der Waals surface area contributed by atoms with E-state index in [1.807, 2.05) is 25.1 Å². The normalized spacial score (nSPS) is 10.5. The van der Waals surface area contributed by atoms with Gasteiger partial charge in [0.25, 0.3) is 0 Å². The Labute approximate surface area is 108 Å². The van der Waals surface area contributed by atoms with E-state index in [9.17, 15) is 0 Å². The molecule has 0 aliphatic carbocycles. The summed E-state index contributed by atoms with van der Waals surface area (Å²) in [7, 11) is 1.70. The van der Waals surface area contributed by atoms with Crippen molar-refractivity contribution in [2.75, 3.05) is 38.8 Å². The lowest BCUT2D eigenvalue weighted by Crippen LogP contribution is -2.11. The molecule has 96 valence electrons. The summed E-state index contributed by atoms with van der Waals surface area (Å²) in [5.41, 5.74) is 2.14. The Morgan fingerprint density at radius 3 is 2.82 bits per heavy atom. The van der Waals surface area contributed by atoms with Crippen LogP contribution in [0.25, 0.3) is 0 Å². The van der Waals surface area contributed by atoms with E-state index >= 15 is 0 Å². The highest BCUT2D eigenvalue weighted by molar-refractivity contribution is 6.31. The van der Waals surface area contributed by atoms with Crippen LogP contribution in [0.1, 0.15) is 12.0 Å². The summed E-state index contributed by atoms with van der Waals surface area (Å²) >= 11 is 6.03. The fourth-order valence-electron chi connectivity index (χ4n) is 1.46. The number of methoxy groups -OCH3 is 1. The van der Waals surface area contributed by atoms with Crippen molar-refractivity contribution in [1.29, 1.82) is 0 Å². The van der Waals surface area contributed by atoms with Gasteiger partial charge in [0.05, 0.1) is 6.61 Å². The predicted molar refractivity (Wildman–Crippen MR) is 72.0 cm³/mol. The maximum Gasteiger partial charge on any atom is 0.0639 e. The summed E-state index contributed by atoms with van der Waals surface area (Å²) in [5, 5.41) is 4.09. The summed E-state index contributed by atoms with van der Waals surface area (Å²) in [4.78, 5) is 0. The van der Waals surface area contributed by atoms with Crippen LogP contribution in [-0.2, 0) is 9.47 Å². The van der Waals surface area contributed by atoms with Crippen LogP contribution >= 0.6 is 11.6 Å². The second-order valence-corrected chi connectivity index (χ2v) is 4.21. The first-order valence-corrected chi connectivity index (χ1v) is 6.19. The maximum absolute atomic E-state index is 6.03. The van der Waals surface area contributed by atoms with Crippen LogP contribution in [0.3, 0.4) is 0 Å². The summed E-state index contributed by atoms with van der Waals surface area (Å²) in [6.45, 7) is 4.97. The molecular weight excluding hydrogens is 238 g/mol. The van der Waals surface area contributed by atoms with Crippen molar-refractivity contribution in [3.05, 3.63) is 28.8 Å². The van der Waals surface area contributed by atoms with Gasteiger partial charge in [-0.15, -0.1) is 0 Å². The smallest absolute Gasteiger partial charge is 0.0639 e. The van der Waals surface area contributed by atoms with Gasteiger partial charge in [-0.25, -0.2) is 0 Å². The van der Waals surface area contributed by atoms with Crippen molar-refractivity contribution in [2.24, 2.45) is 0 Å². The quantitative estimate of drug-likeness (QED) is 0.726. The van der Waals surface area contributed by atoms with Gasteiger partial charge in [0, 0.05) is 37.6 Å². The molecule has 0 bridgehead atoms. The van der Waals surface area contributed by atoms with E-state index in [1.54, 1.807) is 7.11 Å². The molecule has 1 rings (SSSR count). The molecule has 0 fully saturated rings. The lowest BCUT2D eigenvalue weighted by atomic mass is 10.2. The summed E-state index contributed by atoms with van der Waals surface area (Å²) in [5.74, 6) is 0. The molecule has 1 aromatic carbocycles. The van der Waals surface area contributed by atoms with Crippen molar-refractivity contribution in [1.82, 2.24) is 0 Å². The van der Waals surface area contributed by atoms with Crippen LogP contribution in [0.2, 0.25) is 5.02 Å². The molecule has 0 amide bonds. The van der Waals surface area contributed by atoms with E-state index in [1.165, 1.54) is 0 Å². The predicted octanol–water partition coefficient (Wildman–Crippen LogP) is 3.11. The topological polar surface area (TPSA) is 30.5 Å². The standard InChI is InChI=1S/C13H20ClNO2/c1-11-12(14)5-3-6-13(11)15-7-10-17-9-4-8-16-2/h3,5-6,15H,4,7-10H2,1-2H3. The van der Waals surface area contributed by atoms with Gasteiger partial charge in [-0.3, -0.25) is 0 Å². The van der Waals surface area contributed by atoms with Crippen LogP contribution in [-0.4, -0.2) is 33.5 Å². The van der Waals surface area contributed by atoms with Gasteiger partial charge in [-0.1, -0.05) is 17.7 Å². The third kappa shape index (κ3) is 5.39. The Morgan fingerprint density at radius 1 is 1.24 bits per heavy atom. The molecule has 4 heteroatoms. The van der Waals surface area contributed by atoms with Gasteiger partial charge in [0.15, 0.2) is 0 Å². The zero-order chi connectivity index (χ0) is 12.5. The van der Waals surface area contributed by atoms with E-state index in [0.717, 1.165) is 42.5 Å². The lowest BCUT2D eigenvalue weighted by molar-refractivity contribution is 0.109. The van der Waals surface area contributed by atoms with Crippen LogP contribution < -0.4 is 5.32 Å². The van der Waals surface area contributed by atoms with E-state index < -0.39 is 0 Å². The van der Waals surface area contributed by atoms with E-state index in [4.69, 9.17) is 21.1 Å². The minimum atomic E-state index is 0.690. The zero-order valence-corrected chi connectivity index (χ0v) is 11.2. The second-order valence-electron chi connectivity index (χ2n) is 3.80. The highest BCUT2D eigenvalue weighted by Crippen LogP contribution is 2.22. The van der Waals surface area contributed by atoms with Gasteiger partial charge in [0.2, 0.25) is 0 Å². The first-order valence-electron chi connectivity index (χ1n) is 5.81. The fourth-order valence-corrected chi connectivity index (χ4v) is 1.64. The number of rotatable bonds is 8. The molecule has 0 saturated carbocycles. The van der Waals surface area contributed by atoms with Crippen LogP contribution in [0.5, 0.6) is 0 Å². The van der Waals surface area contributed by atoms with Gasteiger partial charge < -0.3 is 14.8 Å². The number of anilines is 1. The van der Waals surface area contributed by atoms with Crippen LogP contribution in [0.15, 0.2) is 18.2 Å². The first kappa shape index (κ1) is 14.3. The van der Waals surface area contributed by atoms with Crippen molar-refractivity contribution < 1.29 is 9.47 Å². The molecule has 0 atom stereocenters. The summed E-state index contributed by atoms with van der Waals surface area (Å²) < 4.78 is 10.4. The monoisotopic (exact) mass is 257 g/mol. The molecule has 0 spiro atoms. The fraction of sp³-hybridized carbons (Fsp3) is 0.538. The number of hydrogen-bond donors (Lipinski definition) is 1. The molecule has 0 saturated heterocycles. The van der Waals surface area contributed by atoms with Gasteiger partial charge in [-0.2, -0.15) is 0 Å². The largest absolute Gasteiger partial charge is 0.385 e. The van der Waals surface area contributed by atoms with Crippen LogP contribution in [0.4, 0.5) is 5.69 Å². The van der Waals surface area contributed by atoms with E-state index in [-0.39, 0.29) is 0 Å². The minimum Gasteiger partial charge on any atom is -0.385 e. The molecule has 0 unspecified atom stereocenters. The average molecular weight is 258 g/mol. The van der Waals surface area contributed by atoms with Crippen LogP contribution in [0, 0.1) is 6.92 Å². The Morgan fingerprint density at radius 2 is 2.06 bits per heavy atom. The number of ether oxygens (including phenoxy) is 2. The molecule has 0 radical (unpaired) electrons. The van der Waals surface area contributed by atoms with Gasteiger partial charge in [-0.05, 0) is 31.0 Å². The first-order chi connectivity index (χ1) is 8.25. The highest BCUT2D eigenvalue weighted by Gasteiger charge is 2.00. The zero-order valence-electron chi connectivity index (χ0n) is 10.5. The Bertz CT molecular complexity index is 331. The molecule has 1 aromatic rings. The molecule has 3 nitrogen and oxygen atoms in total. The lowest BCUT2D eigenvalue weighted by Gasteiger charge is -2.10. The number of nitrogens with one attached hydrogen (secondary N) is 1. The molecule has 0 aliphatic rings. The second kappa shape index (κ2) is 8.34. The Kier molecular flexibility index (Phi) is 7.01. The molecule has 0 heterocycles. The molecule has 1 N–H and O–H groups in total. The van der Waals surface area contributed by atoms with Crippen molar-refractivity contribution >= 4 is 17.3 Å². The highest BCUT2D eigenvalue weighted by atomic mass is 35.5. The van der Waals surface area contributed by atoms with Gasteiger partial charge in [0.1, 0.15) is 0 Å². The molecule has 0 aliphatic heterocycles. The SMILES string of the molecule is COCCCOCCNc1cccc(Cl)c1C. The number of halogens is 1. The number of benzene rings is 1. The summed E-state index contributed by atoms with van der Waals surface area (Å²) in [6.07, 6.45) is 0.937. The van der Waals surface area contributed by atoms with Crippen molar-refractivity contribution in [3.63, 3.8) is 0 Å². The molecular formula is C13H20ClNO2. The van der Waals surface area contributed by atoms with Crippen molar-refractivity contribution in [3.8, 4) is 0 Å². The summed E-state index contributed by atoms with van der Waals surface area (Å²) in [6, 6.07) is 5.85. The minimum absolute atomic E-state index is 0.690. The van der Waals surface area contributed by atoms with Gasteiger partial charge >= 0.3 is 0 Å². The Hall–Kier alpha value is -0.770.